The monoisotopic (exact) mass is 392 g/mol. The molecule has 0 bridgehead atoms. The molecule has 0 aromatic carbocycles. The molecule has 0 saturated carbocycles. The molecule has 27 heavy (non-hydrogen) atoms. The van der Waals surface area contributed by atoms with Crippen molar-refractivity contribution in [1.82, 2.24) is 0 Å². The Morgan fingerprint density at radius 3 is 2.93 bits per heavy atom. The molecule has 1 N–H and O–H groups in total. The summed E-state index contributed by atoms with van der Waals surface area (Å²) >= 11 is -1.15. The Labute approximate surface area is 164 Å². The zero-order valence-electron chi connectivity index (χ0n) is 16.0. The van der Waals surface area contributed by atoms with Gasteiger partial charge in [-0.15, -0.1) is 0 Å². The summed E-state index contributed by atoms with van der Waals surface area (Å²) < 4.78 is 26.5. The minimum absolute atomic E-state index is 0.00821. The second-order valence-electron chi connectivity index (χ2n) is 7.23. The van der Waals surface area contributed by atoms with Crippen LogP contribution in [0.2, 0.25) is 0 Å². The Kier molecular flexibility index (Phi) is 8.58. The lowest BCUT2D eigenvalue weighted by molar-refractivity contribution is -0.137. The first-order chi connectivity index (χ1) is 12.9. The van der Waals surface area contributed by atoms with Crippen LogP contribution in [0.15, 0.2) is 58.8 Å². The van der Waals surface area contributed by atoms with E-state index in [0.29, 0.717) is 12.8 Å². The minimum atomic E-state index is -1.15. The van der Waals surface area contributed by atoms with Gasteiger partial charge in [0.2, 0.25) is 0 Å². The van der Waals surface area contributed by atoms with Crippen LogP contribution >= 0.6 is 0 Å². The molecule has 2 rings (SSSR count). The fraction of sp³-hybridized carbons (Fsp3) is 0.500. The molecule has 5 heteroatoms. The molecule has 3 nitrogen and oxygen atoms in total. The Morgan fingerprint density at radius 2 is 2.26 bits per heavy atom. The molecule has 2 aliphatic rings. The number of carboxylic acids is 1. The summed E-state index contributed by atoms with van der Waals surface area (Å²) in [6, 6.07) is 0. The molecule has 3 unspecified atom stereocenters. The van der Waals surface area contributed by atoms with Crippen LogP contribution in [-0.4, -0.2) is 20.9 Å². The molecular weight excluding hydrogens is 363 g/mol. The fourth-order valence-corrected chi connectivity index (χ4v) is 5.34. The maximum Gasteiger partial charge on any atom is 0.303 e. The van der Waals surface area contributed by atoms with Crippen LogP contribution in [0, 0.1) is 5.92 Å². The highest BCUT2D eigenvalue weighted by atomic mass is 32.2. The molecule has 0 aliphatic heterocycles. The zero-order valence-corrected chi connectivity index (χ0v) is 16.8. The quantitative estimate of drug-likeness (QED) is 0.401. The van der Waals surface area contributed by atoms with Crippen LogP contribution in [0.4, 0.5) is 4.39 Å². The molecule has 0 aromatic heterocycles. The standard InChI is InChI=1S/C22H29FO3S/c1-3-4-8-18(12-16(2)23)19-9-6-11-21(15-19)27(26)20-10-5-7-17(13-20)14-22(24)25/h5,7,9-10,12,17,21H,2-4,6,8,11,13-15H2,1H3,(H,24,25)/b18-12+. The van der Waals surface area contributed by atoms with Crippen LogP contribution in [0.5, 0.6) is 0 Å². The molecule has 0 fully saturated rings. The summed E-state index contributed by atoms with van der Waals surface area (Å²) in [6.07, 6.45) is 14.9. The molecule has 2 aliphatic carbocycles. The predicted octanol–water partition coefficient (Wildman–Crippen LogP) is 5.75. The maximum atomic E-state index is 13.4. The van der Waals surface area contributed by atoms with Crippen LogP contribution in [0.3, 0.4) is 0 Å². The first-order valence-corrected chi connectivity index (χ1v) is 10.9. The third-order valence-corrected chi connectivity index (χ3v) is 6.82. The largest absolute Gasteiger partial charge is 0.611 e. The normalized spacial score (nSPS) is 24.2. The summed E-state index contributed by atoms with van der Waals surface area (Å²) in [4.78, 5) is 11.8. The molecule has 3 atom stereocenters. The Balaban J connectivity index is 2.06. The first kappa shape index (κ1) is 21.7. The van der Waals surface area contributed by atoms with E-state index in [1.54, 1.807) is 0 Å². The number of halogens is 1. The molecule has 0 amide bonds. The van der Waals surface area contributed by atoms with Gasteiger partial charge in [-0.05, 0) is 66.1 Å². The molecule has 0 saturated heterocycles. The van der Waals surface area contributed by atoms with Crippen molar-refractivity contribution in [2.45, 2.75) is 63.5 Å². The van der Waals surface area contributed by atoms with Gasteiger partial charge in [0.1, 0.15) is 16.0 Å². The number of rotatable bonds is 9. The lowest BCUT2D eigenvalue weighted by Gasteiger charge is -2.29. The van der Waals surface area contributed by atoms with Crippen LogP contribution in [0.1, 0.15) is 58.3 Å². The summed E-state index contributed by atoms with van der Waals surface area (Å²) in [5, 5.41) is 8.99. The third-order valence-electron chi connectivity index (χ3n) is 5.00. The summed E-state index contributed by atoms with van der Waals surface area (Å²) in [7, 11) is 0. The van der Waals surface area contributed by atoms with Crippen LogP contribution in [-0.2, 0) is 16.0 Å². The van der Waals surface area contributed by atoms with Crippen LogP contribution in [0.25, 0.3) is 0 Å². The second-order valence-corrected chi connectivity index (χ2v) is 9.02. The van der Waals surface area contributed by atoms with Gasteiger partial charge in [-0.1, -0.05) is 38.2 Å². The Bertz CT molecular complexity index is 675. The second kappa shape index (κ2) is 10.7. The van der Waals surface area contributed by atoms with Gasteiger partial charge in [-0.3, -0.25) is 4.79 Å². The van der Waals surface area contributed by atoms with Crippen molar-refractivity contribution in [3.05, 3.63) is 58.8 Å². The van der Waals surface area contributed by atoms with E-state index in [0.717, 1.165) is 48.2 Å². The molecular formula is C22H29FO3S. The van der Waals surface area contributed by atoms with Crippen molar-refractivity contribution < 1.29 is 18.8 Å². The lowest BCUT2D eigenvalue weighted by atomic mass is 9.90. The van der Waals surface area contributed by atoms with Gasteiger partial charge in [0.05, 0.1) is 6.42 Å². The molecule has 0 radical (unpaired) electrons. The van der Waals surface area contributed by atoms with Gasteiger partial charge in [0.15, 0.2) is 0 Å². The zero-order chi connectivity index (χ0) is 19.8. The lowest BCUT2D eigenvalue weighted by Crippen LogP contribution is -2.27. The van der Waals surface area contributed by atoms with Crippen molar-refractivity contribution in [1.29, 1.82) is 0 Å². The highest BCUT2D eigenvalue weighted by molar-refractivity contribution is 7.95. The van der Waals surface area contributed by atoms with Gasteiger partial charge in [-0.25, -0.2) is 4.39 Å². The predicted molar refractivity (Wildman–Crippen MR) is 109 cm³/mol. The minimum Gasteiger partial charge on any atom is -0.611 e. The topological polar surface area (TPSA) is 60.4 Å². The number of carbonyl (C=O) groups is 1. The number of allylic oxidation sites excluding steroid dienone is 9. The van der Waals surface area contributed by atoms with Gasteiger partial charge >= 0.3 is 5.97 Å². The first-order valence-electron chi connectivity index (χ1n) is 9.64. The summed E-state index contributed by atoms with van der Waals surface area (Å²) in [5.74, 6) is -1.38. The molecule has 148 valence electrons. The van der Waals surface area contributed by atoms with Gasteiger partial charge in [0, 0.05) is 12.8 Å². The highest BCUT2D eigenvalue weighted by Gasteiger charge is 2.32. The van der Waals surface area contributed by atoms with E-state index in [2.05, 4.69) is 19.6 Å². The number of unbranched alkanes of at least 4 members (excludes halogenated alkanes) is 1. The molecule has 0 aromatic rings. The average molecular weight is 393 g/mol. The van der Waals surface area contributed by atoms with E-state index in [1.807, 2.05) is 18.2 Å². The number of hydrogen-bond donors (Lipinski definition) is 1. The van der Waals surface area contributed by atoms with E-state index < -0.39 is 23.0 Å². The molecule has 0 heterocycles. The van der Waals surface area contributed by atoms with Crippen molar-refractivity contribution >= 4 is 17.1 Å². The number of aliphatic carboxylic acids is 1. The van der Waals surface area contributed by atoms with Gasteiger partial charge in [-0.2, -0.15) is 0 Å². The third kappa shape index (κ3) is 6.82. The van der Waals surface area contributed by atoms with Gasteiger partial charge < -0.3 is 9.66 Å². The Morgan fingerprint density at radius 1 is 1.48 bits per heavy atom. The summed E-state index contributed by atoms with van der Waals surface area (Å²) in [5.41, 5.74) is 2.05. The van der Waals surface area contributed by atoms with Crippen LogP contribution < -0.4 is 0 Å². The van der Waals surface area contributed by atoms with Crippen molar-refractivity contribution in [3.63, 3.8) is 0 Å². The molecule has 0 spiro atoms. The van der Waals surface area contributed by atoms with Crippen molar-refractivity contribution in [2.75, 3.05) is 0 Å². The van der Waals surface area contributed by atoms with E-state index in [-0.39, 0.29) is 17.6 Å². The smallest absolute Gasteiger partial charge is 0.303 e. The van der Waals surface area contributed by atoms with Gasteiger partial charge in [0.25, 0.3) is 0 Å². The SMILES string of the molecule is C=C(F)/C=C(\CCCC)C1=CCCC([S+]([O-])C2=CC=CC(CC(=O)O)C2)C1. The Hall–Kier alpha value is -1.59. The number of hydrogen-bond acceptors (Lipinski definition) is 2. The highest BCUT2D eigenvalue weighted by Crippen LogP contribution is 2.36. The van der Waals surface area contributed by atoms with Crippen molar-refractivity contribution in [3.8, 4) is 0 Å². The van der Waals surface area contributed by atoms with Crippen molar-refractivity contribution in [2.24, 2.45) is 5.92 Å². The summed E-state index contributed by atoms with van der Waals surface area (Å²) in [6.45, 7) is 5.47. The maximum absolute atomic E-state index is 13.4. The van der Waals surface area contributed by atoms with E-state index in [9.17, 15) is 13.7 Å². The van der Waals surface area contributed by atoms with E-state index in [1.165, 1.54) is 6.08 Å². The van der Waals surface area contributed by atoms with E-state index >= 15 is 0 Å². The number of carboxylic acid groups (broad SMARTS) is 1. The fourth-order valence-electron chi connectivity index (χ4n) is 3.64. The average Bonchev–Trinajstić information content (AvgIpc) is 2.64. The van der Waals surface area contributed by atoms with E-state index in [4.69, 9.17) is 5.11 Å².